The second kappa shape index (κ2) is 5.99. The first-order chi connectivity index (χ1) is 10.1. The molecule has 2 aromatic rings. The van der Waals surface area contributed by atoms with Crippen molar-refractivity contribution in [3.05, 3.63) is 58.2 Å². The third-order valence-corrected chi connectivity index (χ3v) is 3.82. The molecular weight excluding hydrogens is 341 g/mol. The molecule has 4 nitrogen and oxygen atoms in total. The Morgan fingerprint density at radius 1 is 1.29 bits per heavy atom. The fourth-order valence-corrected chi connectivity index (χ4v) is 2.65. The number of morpholine rings is 1. The van der Waals surface area contributed by atoms with Gasteiger partial charge in [-0.15, -0.1) is 0 Å². The van der Waals surface area contributed by atoms with Crippen molar-refractivity contribution in [2.24, 2.45) is 0 Å². The summed E-state index contributed by atoms with van der Waals surface area (Å²) in [6, 6.07) is 9.74. The molecule has 110 valence electrons. The molecule has 21 heavy (non-hydrogen) atoms. The molecule has 1 aromatic carbocycles. The van der Waals surface area contributed by atoms with E-state index in [4.69, 9.17) is 9.15 Å². The van der Waals surface area contributed by atoms with Crippen LogP contribution >= 0.6 is 15.9 Å². The van der Waals surface area contributed by atoms with E-state index in [2.05, 4.69) is 15.9 Å². The van der Waals surface area contributed by atoms with Crippen LogP contribution in [0, 0.1) is 5.82 Å². The van der Waals surface area contributed by atoms with Gasteiger partial charge in [-0.1, -0.05) is 18.2 Å². The Morgan fingerprint density at radius 3 is 2.81 bits per heavy atom. The molecule has 1 unspecified atom stereocenters. The molecule has 6 heteroatoms. The quantitative estimate of drug-likeness (QED) is 0.830. The first-order valence-electron chi connectivity index (χ1n) is 6.56. The predicted octanol–water partition coefficient (Wildman–Crippen LogP) is 3.39. The number of hydrogen-bond acceptors (Lipinski definition) is 3. The minimum atomic E-state index is -0.456. The first-order valence-corrected chi connectivity index (χ1v) is 7.35. The van der Waals surface area contributed by atoms with E-state index in [9.17, 15) is 9.18 Å². The number of benzene rings is 1. The number of rotatable bonds is 2. The molecule has 1 atom stereocenters. The summed E-state index contributed by atoms with van der Waals surface area (Å²) in [6.45, 7) is 1.13. The lowest BCUT2D eigenvalue weighted by Gasteiger charge is -2.32. The summed E-state index contributed by atoms with van der Waals surface area (Å²) in [6.07, 6.45) is -0.456. The Bertz CT molecular complexity index is 658. The van der Waals surface area contributed by atoms with Crippen LogP contribution in [0.1, 0.15) is 22.2 Å². The fraction of sp³-hybridized carbons (Fsp3) is 0.267. The summed E-state index contributed by atoms with van der Waals surface area (Å²) in [5.41, 5.74) is 0.468. The van der Waals surface area contributed by atoms with Crippen molar-refractivity contribution >= 4 is 21.8 Å². The minimum Gasteiger partial charge on any atom is -0.444 e. The third-order valence-electron chi connectivity index (χ3n) is 3.39. The molecule has 3 rings (SSSR count). The van der Waals surface area contributed by atoms with Gasteiger partial charge in [-0.25, -0.2) is 4.39 Å². The number of nitrogens with zero attached hydrogens (tertiary/aromatic N) is 1. The van der Waals surface area contributed by atoms with Gasteiger partial charge >= 0.3 is 0 Å². The third kappa shape index (κ3) is 3.01. The fourth-order valence-electron chi connectivity index (χ4n) is 2.34. The molecule has 0 radical (unpaired) electrons. The van der Waals surface area contributed by atoms with Crippen LogP contribution in [-0.4, -0.2) is 30.5 Å². The summed E-state index contributed by atoms with van der Waals surface area (Å²) in [5.74, 6) is -0.279. The number of halogens is 2. The Hall–Kier alpha value is -1.66. The first kappa shape index (κ1) is 14.3. The molecule has 0 aliphatic carbocycles. The van der Waals surface area contributed by atoms with Gasteiger partial charge in [-0.3, -0.25) is 4.79 Å². The highest BCUT2D eigenvalue weighted by atomic mass is 79.9. The molecule has 0 spiro atoms. The van der Waals surface area contributed by atoms with Crippen LogP contribution in [0.2, 0.25) is 0 Å². The number of carbonyl (C=O) groups is 1. The Labute approximate surface area is 129 Å². The van der Waals surface area contributed by atoms with Gasteiger partial charge in [0.25, 0.3) is 5.91 Å². The maximum atomic E-state index is 13.8. The average Bonchev–Trinajstić information content (AvgIpc) is 2.94. The van der Waals surface area contributed by atoms with Crippen molar-refractivity contribution in [3.63, 3.8) is 0 Å². The van der Waals surface area contributed by atoms with E-state index in [-0.39, 0.29) is 17.5 Å². The maximum absolute atomic E-state index is 13.8. The van der Waals surface area contributed by atoms with E-state index in [1.165, 1.54) is 6.07 Å². The average molecular weight is 354 g/mol. The second-order valence-electron chi connectivity index (χ2n) is 4.74. The van der Waals surface area contributed by atoms with E-state index in [1.807, 2.05) is 0 Å². The standard InChI is InChI=1S/C15H13BrFNO3/c16-14-6-5-12(21-14)15(19)18-7-8-20-13(9-18)10-3-1-2-4-11(10)17/h1-6,13H,7-9H2. The van der Waals surface area contributed by atoms with Crippen molar-refractivity contribution in [1.29, 1.82) is 0 Å². The summed E-state index contributed by atoms with van der Waals surface area (Å²) >= 11 is 3.17. The lowest BCUT2D eigenvalue weighted by Crippen LogP contribution is -2.42. The molecule has 1 amide bonds. The Kier molecular flexibility index (Phi) is 4.07. The van der Waals surface area contributed by atoms with Crippen molar-refractivity contribution in [3.8, 4) is 0 Å². The number of hydrogen-bond donors (Lipinski definition) is 0. The summed E-state index contributed by atoms with van der Waals surface area (Å²) in [5, 5.41) is 0. The zero-order chi connectivity index (χ0) is 14.8. The molecular formula is C15H13BrFNO3. The van der Waals surface area contributed by atoms with Gasteiger partial charge in [0.05, 0.1) is 13.2 Å². The van der Waals surface area contributed by atoms with Crippen LogP contribution in [0.3, 0.4) is 0 Å². The van der Waals surface area contributed by atoms with E-state index in [1.54, 1.807) is 35.2 Å². The predicted molar refractivity (Wildman–Crippen MR) is 77.4 cm³/mol. The summed E-state index contributed by atoms with van der Waals surface area (Å²) in [4.78, 5) is 14.0. The topological polar surface area (TPSA) is 42.7 Å². The molecule has 0 bridgehead atoms. The van der Waals surface area contributed by atoms with Crippen LogP contribution in [0.25, 0.3) is 0 Å². The second-order valence-corrected chi connectivity index (χ2v) is 5.52. The number of amides is 1. The van der Waals surface area contributed by atoms with Gasteiger partial charge in [0, 0.05) is 12.1 Å². The van der Waals surface area contributed by atoms with Gasteiger partial charge in [0.15, 0.2) is 10.4 Å². The molecule has 0 N–H and O–H groups in total. The number of carbonyl (C=O) groups excluding carboxylic acids is 1. The van der Waals surface area contributed by atoms with Crippen LogP contribution < -0.4 is 0 Å². The van der Waals surface area contributed by atoms with Gasteiger partial charge in [-0.2, -0.15) is 0 Å². The molecule has 1 aliphatic rings. The lowest BCUT2D eigenvalue weighted by atomic mass is 10.1. The Morgan fingerprint density at radius 2 is 2.10 bits per heavy atom. The van der Waals surface area contributed by atoms with Crippen molar-refractivity contribution in [1.82, 2.24) is 4.90 Å². The van der Waals surface area contributed by atoms with Crippen LogP contribution in [0.4, 0.5) is 4.39 Å². The molecule has 0 saturated carbocycles. The van der Waals surface area contributed by atoms with Crippen LogP contribution in [0.5, 0.6) is 0 Å². The SMILES string of the molecule is O=C(c1ccc(Br)o1)N1CCOC(c2ccccc2F)C1. The van der Waals surface area contributed by atoms with Gasteiger partial charge in [0.2, 0.25) is 0 Å². The molecule has 1 saturated heterocycles. The molecule has 1 fully saturated rings. The zero-order valence-corrected chi connectivity index (χ0v) is 12.7. The van der Waals surface area contributed by atoms with Gasteiger partial charge < -0.3 is 14.1 Å². The highest BCUT2D eigenvalue weighted by molar-refractivity contribution is 9.10. The van der Waals surface area contributed by atoms with E-state index in [0.29, 0.717) is 29.9 Å². The van der Waals surface area contributed by atoms with Crippen molar-refractivity contribution in [2.75, 3.05) is 19.7 Å². The molecule has 1 aromatic heterocycles. The molecule has 1 aliphatic heterocycles. The monoisotopic (exact) mass is 353 g/mol. The Balaban J connectivity index is 1.77. The lowest BCUT2D eigenvalue weighted by molar-refractivity contribution is -0.0252. The summed E-state index contributed by atoms with van der Waals surface area (Å²) in [7, 11) is 0. The maximum Gasteiger partial charge on any atom is 0.289 e. The van der Waals surface area contributed by atoms with E-state index < -0.39 is 6.10 Å². The number of ether oxygens (including phenoxy) is 1. The van der Waals surface area contributed by atoms with Gasteiger partial charge in [0.1, 0.15) is 11.9 Å². The smallest absolute Gasteiger partial charge is 0.289 e. The van der Waals surface area contributed by atoms with Crippen molar-refractivity contribution in [2.45, 2.75) is 6.10 Å². The number of furan rings is 1. The largest absolute Gasteiger partial charge is 0.444 e. The minimum absolute atomic E-state index is 0.217. The van der Waals surface area contributed by atoms with E-state index >= 15 is 0 Å². The van der Waals surface area contributed by atoms with E-state index in [0.717, 1.165) is 0 Å². The van der Waals surface area contributed by atoms with Crippen LogP contribution in [0.15, 0.2) is 45.5 Å². The van der Waals surface area contributed by atoms with Crippen LogP contribution in [-0.2, 0) is 4.74 Å². The zero-order valence-electron chi connectivity index (χ0n) is 11.1. The molecule has 2 heterocycles. The van der Waals surface area contributed by atoms with Crippen molar-refractivity contribution < 1.29 is 18.3 Å². The normalized spacial score (nSPS) is 18.8. The van der Waals surface area contributed by atoms with Gasteiger partial charge in [-0.05, 0) is 34.1 Å². The summed E-state index contributed by atoms with van der Waals surface area (Å²) < 4.78 is 25.2. The highest BCUT2D eigenvalue weighted by Crippen LogP contribution is 2.26. The highest BCUT2D eigenvalue weighted by Gasteiger charge is 2.28.